The van der Waals surface area contributed by atoms with Gasteiger partial charge >= 0.3 is 5.97 Å². The third-order valence-electron chi connectivity index (χ3n) is 4.56. The van der Waals surface area contributed by atoms with E-state index in [4.69, 9.17) is 4.74 Å². The smallest absolute Gasteiger partial charge is 0.305 e. The van der Waals surface area contributed by atoms with Crippen molar-refractivity contribution in [2.45, 2.75) is 117 Å². The molecule has 0 atom stereocenters. The largest absolute Gasteiger partial charge is 0.466 e. The monoisotopic (exact) mass is 364 g/mol. The van der Waals surface area contributed by atoms with Gasteiger partial charge in [0, 0.05) is 6.42 Å². The molecule has 2 nitrogen and oxygen atoms in total. The van der Waals surface area contributed by atoms with E-state index in [2.05, 4.69) is 38.2 Å². The minimum atomic E-state index is -0.0344. The highest BCUT2D eigenvalue weighted by atomic mass is 16.5. The number of esters is 1. The number of ether oxygens (including phenoxy) is 1. The van der Waals surface area contributed by atoms with Crippen LogP contribution in [0, 0.1) is 0 Å². The third-order valence-corrected chi connectivity index (χ3v) is 4.56. The summed E-state index contributed by atoms with van der Waals surface area (Å²) >= 11 is 0. The van der Waals surface area contributed by atoms with Gasteiger partial charge in [-0.15, -0.1) is 0 Å². The Labute approximate surface area is 163 Å². The van der Waals surface area contributed by atoms with Crippen LogP contribution in [0.3, 0.4) is 0 Å². The van der Waals surface area contributed by atoms with Gasteiger partial charge in [-0.2, -0.15) is 0 Å². The lowest BCUT2D eigenvalue weighted by atomic mass is 10.1. The van der Waals surface area contributed by atoms with E-state index in [1.165, 1.54) is 64.2 Å². The Balaban J connectivity index is 3.29. The lowest BCUT2D eigenvalue weighted by molar-refractivity contribution is -0.143. The van der Waals surface area contributed by atoms with Gasteiger partial charge in [0.05, 0.1) is 6.61 Å². The first-order valence-electron chi connectivity index (χ1n) is 11.3. The van der Waals surface area contributed by atoms with Gasteiger partial charge in [-0.3, -0.25) is 4.79 Å². The maximum Gasteiger partial charge on any atom is 0.305 e. The number of hydrogen-bond acceptors (Lipinski definition) is 2. The van der Waals surface area contributed by atoms with Crippen LogP contribution in [0.4, 0.5) is 0 Å². The molecule has 0 unspecified atom stereocenters. The summed E-state index contributed by atoms with van der Waals surface area (Å²) in [6.45, 7) is 5.06. The first-order valence-corrected chi connectivity index (χ1v) is 11.3. The van der Waals surface area contributed by atoms with Crippen LogP contribution in [0.5, 0.6) is 0 Å². The normalized spacial score (nSPS) is 11.6. The third kappa shape index (κ3) is 21.0. The molecule has 0 rings (SSSR count). The van der Waals surface area contributed by atoms with Gasteiger partial charge in [-0.1, -0.05) is 76.7 Å². The van der Waals surface area contributed by atoms with E-state index in [0.29, 0.717) is 13.0 Å². The second kappa shape index (κ2) is 22.0. The highest BCUT2D eigenvalue weighted by Crippen LogP contribution is 2.06. The number of hydrogen-bond donors (Lipinski definition) is 0. The number of rotatable bonds is 19. The number of carbonyl (C=O) groups is 1. The minimum absolute atomic E-state index is 0.0344. The summed E-state index contributed by atoms with van der Waals surface area (Å²) < 4.78 is 5.30. The zero-order valence-electron chi connectivity index (χ0n) is 17.6. The molecule has 0 aliphatic carbocycles. The zero-order valence-corrected chi connectivity index (χ0v) is 17.6. The summed E-state index contributed by atoms with van der Waals surface area (Å²) in [5.41, 5.74) is 0. The predicted octanol–water partition coefficient (Wildman–Crippen LogP) is 7.92. The van der Waals surface area contributed by atoms with E-state index < -0.39 is 0 Å². The van der Waals surface area contributed by atoms with Gasteiger partial charge in [0.2, 0.25) is 0 Å². The van der Waals surface area contributed by atoms with Crippen LogP contribution in [0.2, 0.25) is 0 Å². The molecule has 26 heavy (non-hydrogen) atoms. The van der Waals surface area contributed by atoms with Gasteiger partial charge in [0.25, 0.3) is 0 Å². The molecule has 0 saturated heterocycles. The molecular weight excluding hydrogens is 320 g/mol. The summed E-state index contributed by atoms with van der Waals surface area (Å²) in [4.78, 5) is 11.7. The van der Waals surface area contributed by atoms with Crippen molar-refractivity contribution in [1.82, 2.24) is 0 Å². The highest BCUT2D eigenvalue weighted by Gasteiger charge is 2.01. The molecule has 0 aromatic carbocycles. The van der Waals surface area contributed by atoms with Crippen LogP contribution >= 0.6 is 0 Å². The Kier molecular flexibility index (Phi) is 21.1. The van der Waals surface area contributed by atoms with E-state index in [0.717, 1.165) is 32.1 Å². The second-order valence-corrected chi connectivity index (χ2v) is 7.25. The van der Waals surface area contributed by atoms with Crippen molar-refractivity contribution >= 4 is 5.97 Å². The van der Waals surface area contributed by atoms with Gasteiger partial charge in [-0.25, -0.2) is 0 Å². The Hall–Kier alpha value is -1.05. The van der Waals surface area contributed by atoms with Crippen LogP contribution in [0.1, 0.15) is 117 Å². The molecule has 0 aromatic rings. The molecule has 0 heterocycles. The molecule has 0 spiro atoms. The Morgan fingerprint density at radius 3 is 1.58 bits per heavy atom. The van der Waals surface area contributed by atoms with Crippen LogP contribution in [-0.4, -0.2) is 12.6 Å². The average Bonchev–Trinajstić information content (AvgIpc) is 2.64. The van der Waals surface area contributed by atoms with E-state index in [1.807, 2.05) is 0 Å². The lowest BCUT2D eigenvalue weighted by Gasteiger charge is -2.03. The van der Waals surface area contributed by atoms with Crippen molar-refractivity contribution < 1.29 is 9.53 Å². The summed E-state index contributed by atoms with van der Waals surface area (Å²) in [5, 5.41) is 0. The highest BCUT2D eigenvalue weighted by molar-refractivity contribution is 5.69. The molecule has 0 saturated carbocycles. The van der Waals surface area contributed by atoms with E-state index in [9.17, 15) is 4.79 Å². The molecule has 0 amide bonds. The first-order chi connectivity index (χ1) is 12.8. The molecule has 152 valence electrons. The molecule has 0 aliphatic rings. The summed E-state index contributed by atoms with van der Waals surface area (Å²) in [6, 6.07) is 0. The molecule has 0 fully saturated rings. The zero-order chi connectivity index (χ0) is 19.1. The second-order valence-electron chi connectivity index (χ2n) is 7.25. The van der Waals surface area contributed by atoms with Crippen LogP contribution in [-0.2, 0) is 9.53 Å². The quantitative estimate of drug-likeness (QED) is 0.132. The Bertz CT molecular complexity index is 344. The minimum Gasteiger partial charge on any atom is -0.466 e. The Morgan fingerprint density at radius 1 is 0.615 bits per heavy atom. The standard InChI is InChI=1S/C24H44O2/c1-3-5-7-9-11-13-15-17-19-21-23-26-24(25)22-20-18-16-14-12-10-8-6-4-2/h13-16H,3-12,17-23H2,1-2H3. The van der Waals surface area contributed by atoms with Crippen molar-refractivity contribution in [2.75, 3.05) is 6.61 Å². The van der Waals surface area contributed by atoms with Crippen molar-refractivity contribution in [1.29, 1.82) is 0 Å². The van der Waals surface area contributed by atoms with Gasteiger partial charge in [0.1, 0.15) is 0 Å². The van der Waals surface area contributed by atoms with Crippen molar-refractivity contribution in [3.05, 3.63) is 24.3 Å². The van der Waals surface area contributed by atoms with Gasteiger partial charge in [0.15, 0.2) is 0 Å². The molecule has 2 heteroatoms. The predicted molar refractivity (Wildman–Crippen MR) is 114 cm³/mol. The van der Waals surface area contributed by atoms with Gasteiger partial charge in [-0.05, 0) is 57.8 Å². The van der Waals surface area contributed by atoms with Crippen molar-refractivity contribution in [3.63, 3.8) is 0 Å². The first kappa shape index (κ1) is 24.9. The summed E-state index contributed by atoms with van der Waals surface area (Å²) in [6.07, 6.45) is 27.7. The van der Waals surface area contributed by atoms with Crippen LogP contribution < -0.4 is 0 Å². The van der Waals surface area contributed by atoms with E-state index in [-0.39, 0.29) is 5.97 Å². The maximum absolute atomic E-state index is 11.7. The van der Waals surface area contributed by atoms with Crippen LogP contribution in [0.25, 0.3) is 0 Å². The summed E-state index contributed by atoms with van der Waals surface area (Å²) in [5.74, 6) is -0.0344. The Morgan fingerprint density at radius 2 is 1.08 bits per heavy atom. The van der Waals surface area contributed by atoms with Crippen molar-refractivity contribution in [3.8, 4) is 0 Å². The molecule has 0 bridgehead atoms. The average molecular weight is 365 g/mol. The lowest BCUT2D eigenvalue weighted by Crippen LogP contribution is -2.05. The maximum atomic E-state index is 11.7. The van der Waals surface area contributed by atoms with Crippen molar-refractivity contribution in [2.24, 2.45) is 0 Å². The molecular formula is C24H44O2. The molecule has 0 aliphatic heterocycles. The topological polar surface area (TPSA) is 26.3 Å². The number of allylic oxidation sites excluding steroid dienone is 4. The fourth-order valence-corrected chi connectivity index (χ4v) is 2.84. The number of unbranched alkanes of at least 4 members (excludes halogenated alkanes) is 11. The SMILES string of the molecule is CCCCCCC=CCCCCOC(=O)CCCC=CCCCCCC. The number of carbonyl (C=O) groups excluding carboxylic acids is 1. The van der Waals surface area contributed by atoms with Gasteiger partial charge < -0.3 is 4.74 Å². The molecule has 0 N–H and O–H groups in total. The fraction of sp³-hybridized carbons (Fsp3) is 0.792. The molecule has 0 aromatic heterocycles. The fourth-order valence-electron chi connectivity index (χ4n) is 2.84. The van der Waals surface area contributed by atoms with E-state index in [1.54, 1.807) is 0 Å². The summed E-state index contributed by atoms with van der Waals surface area (Å²) in [7, 11) is 0. The van der Waals surface area contributed by atoms with Crippen LogP contribution in [0.15, 0.2) is 24.3 Å². The van der Waals surface area contributed by atoms with E-state index >= 15 is 0 Å². The molecule has 0 radical (unpaired) electrons.